The maximum Gasteiger partial charge on any atom is 0.249 e. The molecule has 3 aromatic carbocycles. The van der Waals surface area contributed by atoms with Crippen molar-refractivity contribution in [2.45, 2.75) is 13.0 Å². The standard InChI is InChI=1S/C23H17BrCl3N3O3/c24-16-9-14(6-8-21(16)33-13-15-5-7-17(25)19(27)10-15)12-28-30-23(32)11-22(31)29-20-4-2-1-3-18(20)26/h1-10,12H,11,13H2,(H,29,31)(H,30,32). The van der Waals surface area contributed by atoms with Crippen LogP contribution in [0.3, 0.4) is 0 Å². The number of ether oxygens (including phenoxy) is 1. The van der Waals surface area contributed by atoms with E-state index in [1.807, 2.05) is 6.07 Å². The fraction of sp³-hybridized carbons (Fsp3) is 0.0870. The molecule has 0 fully saturated rings. The summed E-state index contributed by atoms with van der Waals surface area (Å²) in [6.45, 7) is 0.315. The van der Waals surface area contributed by atoms with E-state index in [9.17, 15) is 9.59 Å². The van der Waals surface area contributed by atoms with E-state index >= 15 is 0 Å². The summed E-state index contributed by atoms with van der Waals surface area (Å²) < 4.78 is 6.51. The zero-order valence-corrected chi connectivity index (χ0v) is 20.8. The summed E-state index contributed by atoms with van der Waals surface area (Å²) in [5.74, 6) is -0.433. The van der Waals surface area contributed by atoms with Crippen LogP contribution >= 0.6 is 50.7 Å². The number of carbonyl (C=O) groups excluding carboxylic acids is 2. The van der Waals surface area contributed by atoms with Gasteiger partial charge >= 0.3 is 0 Å². The van der Waals surface area contributed by atoms with Gasteiger partial charge in [0.25, 0.3) is 0 Å². The number of anilines is 1. The number of hydrogen-bond acceptors (Lipinski definition) is 4. The zero-order valence-electron chi connectivity index (χ0n) is 16.9. The van der Waals surface area contributed by atoms with Crippen LogP contribution in [-0.2, 0) is 16.2 Å². The molecule has 0 bridgehead atoms. The Morgan fingerprint density at radius 3 is 2.45 bits per heavy atom. The van der Waals surface area contributed by atoms with Crippen LogP contribution in [0.2, 0.25) is 15.1 Å². The molecule has 0 atom stereocenters. The summed E-state index contributed by atoms with van der Waals surface area (Å²) in [6, 6.07) is 17.4. The second kappa shape index (κ2) is 12.0. The minimum Gasteiger partial charge on any atom is -0.488 e. The SMILES string of the molecule is O=C(CC(=O)Nc1ccccc1Cl)NN=Cc1ccc(OCc2ccc(Cl)c(Cl)c2)c(Br)c1. The largest absolute Gasteiger partial charge is 0.488 e. The van der Waals surface area contributed by atoms with Crippen LogP contribution in [0.25, 0.3) is 0 Å². The highest BCUT2D eigenvalue weighted by Crippen LogP contribution is 2.28. The normalized spacial score (nSPS) is 10.8. The van der Waals surface area contributed by atoms with Gasteiger partial charge in [0.2, 0.25) is 11.8 Å². The number of nitrogens with zero attached hydrogens (tertiary/aromatic N) is 1. The zero-order chi connectivity index (χ0) is 23.8. The summed E-state index contributed by atoms with van der Waals surface area (Å²) in [7, 11) is 0. The van der Waals surface area contributed by atoms with E-state index in [1.54, 1.807) is 54.6 Å². The van der Waals surface area contributed by atoms with Gasteiger partial charge in [-0.1, -0.05) is 53.0 Å². The number of amides is 2. The van der Waals surface area contributed by atoms with Crippen LogP contribution in [0.1, 0.15) is 17.5 Å². The lowest BCUT2D eigenvalue weighted by atomic mass is 10.2. The van der Waals surface area contributed by atoms with Crippen LogP contribution < -0.4 is 15.5 Å². The Kier molecular flexibility index (Phi) is 9.14. The second-order valence-corrected chi connectivity index (χ2v) is 8.80. The average molecular weight is 570 g/mol. The summed E-state index contributed by atoms with van der Waals surface area (Å²) >= 11 is 21.4. The number of para-hydroxylation sites is 1. The highest BCUT2D eigenvalue weighted by atomic mass is 79.9. The summed E-state index contributed by atoms with van der Waals surface area (Å²) in [4.78, 5) is 23.9. The van der Waals surface area contributed by atoms with Crippen molar-refractivity contribution in [3.05, 3.63) is 91.3 Å². The van der Waals surface area contributed by atoms with Gasteiger partial charge in [0.1, 0.15) is 18.8 Å². The van der Waals surface area contributed by atoms with Gasteiger partial charge in [-0.2, -0.15) is 5.10 Å². The first kappa shape index (κ1) is 25.1. The number of carbonyl (C=O) groups is 2. The average Bonchev–Trinajstić information content (AvgIpc) is 2.77. The summed E-state index contributed by atoms with van der Waals surface area (Å²) in [5, 5.41) is 7.79. The van der Waals surface area contributed by atoms with Crippen molar-refractivity contribution in [1.29, 1.82) is 0 Å². The first-order chi connectivity index (χ1) is 15.8. The molecule has 3 rings (SSSR count). The molecule has 0 unspecified atom stereocenters. The smallest absolute Gasteiger partial charge is 0.249 e. The van der Waals surface area contributed by atoms with E-state index in [-0.39, 0.29) is 0 Å². The molecule has 2 amide bonds. The number of halogens is 4. The van der Waals surface area contributed by atoms with E-state index in [2.05, 4.69) is 31.8 Å². The molecule has 0 heterocycles. The van der Waals surface area contributed by atoms with E-state index in [0.29, 0.717) is 43.1 Å². The number of benzene rings is 3. The number of hydrogen-bond donors (Lipinski definition) is 2. The van der Waals surface area contributed by atoms with Crippen molar-refractivity contribution in [3.8, 4) is 5.75 Å². The molecule has 0 saturated carbocycles. The molecule has 6 nitrogen and oxygen atoms in total. The topological polar surface area (TPSA) is 79.8 Å². The predicted octanol–water partition coefficient (Wildman–Crippen LogP) is 6.47. The summed E-state index contributed by atoms with van der Waals surface area (Å²) in [6.07, 6.45) is 1.06. The van der Waals surface area contributed by atoms with Gasteiger partial charge < -0.3 is 10.1 Å². The van der Waals surface area contributed by atoms with Crippen molar-refractivity contribution in [2.24, 2.45) is 5.10 Å². The Morgan fingerprint density at radius 2 is 1.73 bits per heavy atom. The molecule has 10 heteroatoms. The number of rotatable bonds is 8. The molecule has 0 aromatic heterocycles. The van der Waals surface area contributed by atoms with Crippen molar-refractivity contribution in [3.63, 3.8) is 0 Å². The minimum absolute atomic E-state index is 0.315. The van der Waals surface area contributed by atoms with Gasteiger partial charge in [-0.05, 0) is 69.5 Å². The quantitative estimate of drug-likeness (QED) is 0.186. The number of hydrazone groups is 1. The lowest BCUT2D eigenvalue weighted by molar-refractivity contribution is -0.126. The fourth-order valence-corrected chi connectivity index (χ4v) is 3.64. The van der Waals surface area contributed by atoms with E-state index in [4.69, 9.17) is 39.5 Å². The van der Waals surface area contributed by atoms with Crippen molar-refractivity contribution < 1.29 is 14.3 Å². The highest BCUT2D eigenvalue weighted by Gasteiger charge is 2.10. The molecular formula is C23H17BrCl3N3O3. The molecule has 3 aromatic rings. The Bertz CT molecular complexity index is 1200. The van der Waals surface area contributed by atoms with Gasteiger partial charge in [0.15, 0.2) is 0 Å². The molecule has 2 N–H and O–H groups in total. The molecule has 0 radical (unpaired) electrons. The van der Waals surface area contributed by atoms with Gasteiger partial charge in [-0.25, -0.2) is 5.43 Å². The Labute approximate surface area is 214 Å². The van der Waals surface area contributed by atoms with E-state index < -0.39 is 18.2 Å². The van der Waals surface area contributed by atoms with Crippen LogP contribution in [0.5, 0.6) is 5.75 Å². The van der Waals surface area contributed by atoms with Crippen molar-refractivity contribution in [1.82, 2.24) is 5.43 Å². The van der Waals surface area contributed by atoms with E-state index in [0.717, 1.165) is 5.56 Å². The number of nitrogens with one attached hydrogen (secondary N) is 2. The predicted molar refractivity (Wildman–Crippen MR) is 135 cm³/mol. The lowest BCUT2D eigenvalue weighted by Gasteiger charge is -2.09. The Hall–Kier alpha value is -2.58. The van der Waals surface area contributed by atoms with Gasteiger partial charge in [0.05, 0.1) is 31.4 Å². The lowest BCUT2D eigenvalue weighted by Crippen LogP contribution is -2.24. The fourth-order valence-electron chi connectivity index (χ4n) is 2.63. The highest BCUT2D eigenvalue weighted by molar-refractivity contribution is 9.10. The molecule has 0 aliphatic rings. The second-order valence-electron chi connectivity index (χ2n) is 6.72. The van der Waals surface area contributed by atoms with Crippen molar-refractivity contribution in [2.75, 3.05) is 5.32 Å². The maximum absolute atomic E-state index is 12.0. The molecule has 0 spiro atoms. The molecular weight excluding hydrogens is 553 g/mol. The van der Waals surface area contributed by atoms with Crippen LogP contribution in [0, 0.1) is 0 Å². The molecule has 170 valence electrons. The van der Waals surface area contributed by atoms with E-state index in [1.165, 1.54) is 6.21 Å². The van der Waals surface area contributed by atoms with Crippen LogP contribution in [0.15, 0.2) is 70.2 Å². The van der Waals surface area contributed by atoms with Crippen LogP contribution in [0.4, 0.5) is 5.69 Å². The third-order valence-electron chi connectivity index (χ3n) is 4.21. The Morgan fingerprint density at radius 1 is 0.939 bits per heavy atom. The molecule has 0 aliphatic heterocycles. The van der Waals surface area contributed by atoms with Crippen LogP contribution in [-0.4, -0.2) is 18.0 Å². The molecule has 0 aliphatic carbocycles. The van der Waals surface area contributed by atoms with Gasteiger partial charge in [-0.15, -0.1) is 0 Å². The molecule has 33 heavy (non-hydrogen) atoms. The first-order valence-corrected chi connectivity index (χ1v) is 11.5. The van der Waals surface area contributed by atoms with Gasteiger partial charge in [-0.3, -0.25) is 9.59 Å². The maximum atomic E-state index is 12.0. The van der Waals surface area contributed by atoms with Crippen molar-refractivity contribution >= 4 is 74.4 Å². The third-order valence-corrected chi connectivity index (χ3v) is 5.89. The minimum atomic E-state index is -0.559. The van der Waals surface area contributed by atoms with Gasteiger partial charge in [0, 0.05) is 0 Å². The Balaban J connectivity index is 1.49. The first-order valence-electron chi connectivity index (χ1n) is 9.54. The summed E-state index contributed by atoms with van der Waals surface area (Å²) in [5.41, 5.74) is 4.35. The molecule has 0 saturated heterocycles. The monoisotopic (exact) mass is 567 g/mol. The third kappa shape index (κ3) is 7.75.